The molecule has 7 rings (SSSR count). The van der Waals surface area contributed by atoms with E-state index in [1.807, 2.05) is 41.5 Å². The van der Waals surface area contributed by atoms with Crippen molar-refractivity contribution in [2.45, 2.75) is 52.4 Å². The number of hydrogen-bond acceptors (Lipinski definition) is 11. The standard InChI is InChI=1S/C34H36N10O6S2/c1-33(2,3)27-23(31-35-29(39-43(31)37-27)17-9-13-19(14-10-17)41-51(7,47)48)21-25(45)22(26(21)46)24-28(34(4,5)6)38-44-32(24)36-30(40-44)18-11-15-20(16-12-18)42-52(8,49)50/h9-16,41-42,45H,1-8H3,(H,35,39)/b24-22+. The van der Waals surface area contributed by atoms with Crippen LogP contribution in [0, 0.1) is 0 Å². The lowest BCUT2D eigenvalue weighted by Gasteiger charge is -2.25. The smallest absolute Gasteiger partial charge is 0.229 e. The molecule has 0 unspecified atom stereocenters. The normalized spacial score (nSPS) is 15.5. The number of carbonyl (C=O) groups is 1. The van der Waals surface area contributed by atoms with Crippen LogP contribution in [0.25, 0.3) is 45.2 Å². The van der Waals surface area contributed by atoms with E-state index < -0.39 is 36.7 Å². The molecule has 2 aromatic carbocycles. The second-order valence-corrected chi connectivity index (χ2v) is 18.3. The van der Waals surface area contributed by atoms with E-state index in [9.17, 15) is 26.7 Å². The van der Waals surface area contributed by atoms with Crippen molar-refractivity contribution < 1.29 is 26.7 Å². The minimum Gasteiger partial charge on any atom is -0.506 e. The first kappa shape index (κ1) is 34.8. The highest BCUT2D eigenvalue weighted by atomic mass is 32.2. The molecule has 0 saturated heterocycles. The summed E-state index contributed by atoms with van der Waals surface area (Å²) in [7, 11) is -6.91. The maximum absolute atomic E-state index is 14.3. The molecule has 1 aliphatic rings. The number of rotatable bonds is 7. The quantitative estimate of drug-likeness (QED) is 0.185. The summed E-state index contributed by atoms with van der Waals surface area (Å²) in [5, 5.41) is 30.8. The summed E-state index contributed by atoms with van der Waals surface area (Å²) in [4.78, 5) is 22.3. The van der Waals surface area contributed by atoms with Crippen molar-refractivity contribution >= 4 is 59.6 Å². The number of aliphatic hydroxyl groups is 1. The average molecular weight is 745 g/mol. The van der Waals surface area contributed by atoms with Crippen LogP contribution in [-0.4, -0.2) is 79.9 Å². The molecular weight excluding hydrogens is 709 g/mol. The number of H-pyrrole nitrogens is 1. The number of aromatic nitrogens is 8. The zero-order valence-corrected chi connectivity index (χ0v) is 31.2. The maximum atomic E-state index is 14.3. The number of carbonyl (C=O) groups excluding carboxylic acids is 1. The van der Waals surface area contributed by atoms with Crippen molar-refractivity contribution in [1.82, 2.24) is 39.6 Å². The molecule has 0 radical (unpaired) electrons. The molecule has 6 aromatic rings. The minimum atomic E-state index is -3.46. The van der Waals surface area contributed by atoms with Crippen LogP contribution in [0.3, 0.4) is 0 Å². The van der Waals surface area contributed by atoms with E-state index in [2.05, 4.69) is 24.6 Å². The number of Topliss-reactive ketones (excluding diaryl/α,β-unsaturated/α-hetero) is 1. The zero-order chi connectivity index (χ0) is 37.7. The van der Waals surface area contributed by atoms with Crippen molar-refractivity contribution in [3.8, 4) is 22.8 Å². The Balaban J connectivity index is 1.37. The number of nitrogens with zero attached hydrogens (tertiary/aromatic N) is 7. The zero-order valence-electron chi connectivity index (χ0n) is 29.6. The van der Waals surface area contributed by atoms with Crippen molar-refractivity contribution in [1.29, 1.82) is 0 Å². The Labute approximate surface area is 298 Å². The molecule has 0 aliphatic heterocycles. The van der Waals surface area contributed by atoms with Crippen LogP contribution in [0.15, 0.2) is 54.3 Å². The summed E-state index contributed by atoms with van der Waals surface area (Å²) in [5.41, 5.74) is 3.16. The fraction of sp³-hybridized carbons (Fsp3) is 0.294. The first-order valence-electron chi connectivity index (χ1n) is 16.1. The Morgan fingerprint density at radius 1 is 0.692 bits per heavy atom. The van der Waals surface area contributed by atoms with E-state index in [0.717, 1.165) is 12.5 Å². The highest BCUT2D eigenvalue weighted by Crippen LogP contribution is 2.43. The van der Waals surface area contributed by atoms with Gasteiger partial charge in [0.2, 0.25) is 25.8 Å². The molecule has 0 fully saturated rings. The molecule has 4 N–H and O–H groups in total. The minimum absolute atomic E-state index is 0.0574. The summed E-state index contributed by atoms with van der Waals surface area (Å²) in [5.74, 6) is 0.0502. The molecule has 0 bridgehead atoms. The number of benzene rings is 2. The summed E-state index contributed by atoms with van der Waals surface area (Å²) < 4.78 is 54.2. The van der Waals surface area contributed by atoms with Gasteiger partial charge in [0.05, 0.1) is 45.8 Å². The molecule has 0 amide bonds. The van der Waals surface area contributed by atoms with Gasteiger partial charge >= 0.3 is 0 Å². The molecule has 270 valence electrons. The lowest BCUT2D eigenvalue weighted by molar-refractivity contribution is -0.109. The van der Waals surface area contributed by atoms with E-state index >= 15 is 0 Å². The van der Waals surface area contributed by atoms with E-state index in [1.165, 1.54) is 9.26 Å². The van der Waals surface area contributed by atoms with Crippen molar-refractivity contribution in [2.75, 3.05) is 22.0 Å². The van der Waals surface area contributed by atoms with Crippen molar-refractivity contribution in [3.63, 3.8) is 0 Å². The Morgan fingerprint density at radius 2 is 1.21 bits per heavy atom. The van der Waals surface area contributed by atoms with Crippen LogP contribution in [0.2, 0.25) is 0 Å². The van der Waals surface area contributed by atoms with Gasteiger partial charge in [-0.25, -0.2) is 21.8 Å². The third-order valence-electron chi connectivity index (χ3n) is 8.30. The predicted molar refractivity (Wildman–Crippen MR) is 197 cm³/mol. The topological polar surface area (TPSA) is 219 Å². The summed E-state index contributed by atoms with van der Waals surface area (Å²) in [6, 6.07) is 13.1. The fourth-order valence-corrected chi connectivity index (χ4v) is 7.18. The highest BCUT2D eigenvalue weighted by molar-refractivity contribution is 7.92. The maximum Gasteiger partial charge on any atom is 0.229 e. The van der Waals surface area contributed by atoms with Gasteiger partial charge in [0, 0.05) is 33.3 Å². The van der Waals surface area contributed by atoms with Gasteiger partial charge in [-0.2, -0.15) is 10.2 Å². The molecule has 4 aromatic heterocycles. The Bertz CT molecular complexity index is 2760. The number of allylic oxidation sites excluding steroid dienone is 2. The molecule has 18 heteroatoms. The highest BCUT2D eigenvalue weighted by Gasteiger charge is 2.43. The third-order valence-corrected chi connectivity index (χ3v) is 9.52. The van der Waals surface area contributed by atoms with Crippen LogP contribution in [-0.2, 0) is 35.7 Å². The lowest BCUT2D eigenvalue weighted by atomic mass is 9.77. The van der Waals surface area contributed by atoms with Crippen molar-refractivity contribution in [3.05, 3.63) is 76.5 Å². The summed E-state index contributed by atoms with van der Waals surface area (Å²) >= 11 is 0. The molecule has 4 heterocycles. The number of aromatic amines is 1. The van der Waals surface area contributed by atoms with E-state index in [4.69, 9.17) is 15.2 Å². The number of nitrogens with one attached hydrogen (secondary N) is 3. The number of hydrogen-bond donors (Lipinski definition) is 4. The number of fused-ring (bicyclic) bond motifs is 2. The van der Waals surface area contributed by atoms with Gasteiger partial charge in [0.15, 0.2) is 22.9 Å². The van der Waals surface area contributed by atoms with E-state index in [1.54, 1.807) is 48.5 Å². The molecule has 1 aliphatic carbocycles. The largest absolute Gasteiger partial charge is 0.506 e. The van der Waals surface area contributed by atoms with Gasteiger partial charge in [-0.3, -0.25) is 14.2 Å². The van der Waals surface area contributed by atoms with Crippen LogP contribution in [0.1, 0.15) is 58.5 Å². The van der Waals surface area contributed by atoms with Crippen LogP contribution in [0.4, 0.5) is 11.4 Å². The second-order valence-electron chi connectivity index (χ2n) is 14.8. The molecule has 0 spiro atoms. The number of ketones is 1. The molecule has 16 nitrogen and oxygen atoms in total. The van der Waals surface area contributed by atoms with Gasteiger partial charge in [0.25, 0.3) is 0 Å². The average Bonchev–Trinajstić information content (AvgIpc) is 3.77. The van der Waals surface area contributed by atoms with Gasteiger partial charge in [-0.05, 0) is 48.5 Å². The van der Waals surface area contributed by atoms with Gasteiger partial charge < -0.3 is 10.1 Å². The monoisotopic (exact) mass is 744 g/mol. The van der Waals surface area contributed by atoms with Crippen LogP contribution >= 0.6 is 0 Å². The van der Waals surface area contributed by atoms with Crippen LogP contribution in [0.5, 0.6) is 0 Å². The first-order valence-corrected chi connectivity index (χ1v) is 19.8. The lowest BCUT2D eigenvalue weighted by Crippen LogP contribution is -2.32. The van der Waals surface area contributed by atoms with Gasteiger partial charge in [-0.1, -0.05) is 41.5 Å². The van der Waals surface area contributed by atoms with Crippen LogP contribution < -0.4 is 14.7 Å². The third kappa shape index (κ3) is 6.17. The van der Waals surface area contributed by atoms with Gasteiger partial charge in [-0.15, -0.1) is 19.5 Å². The second kappa shape index (κ2) is 11.4. The van der Waals surface area contributed by atoms with E-state index in [-0.39, 0.29) is 22.6 Å². The molecule has 0 atom stereocenters. The Hall–Kier alpha value is -5.62. The van der Waals surface area contributed by atoms with E-state index in [0.29, 0.717) is 62.0 Å². The summed E-state index contributed by atoms with van der Waals surface area (Å²) in [6.45, 7) is 11.7. The molecular formula is C34H36N10O6S2. The SMILES string of the molecule is CC(C)(C)c1nn2nc(-c3ccc(NS(C)(=O)=O)cc3)[nH]c2c1C1=C(O)/C(=c2/c(C(C)(C)C)nn3nc(-c4ccc(NS(C)(=O)=O)cc4)nc23)C1=O. The molecule has 0 saturated carbocycles. The van der Waals surface area contributed by atoms with Crippen molar-refractivity contribution in [2.24, 2.45) is 0 Å². The Morgan fingerprint density at radius 3 is 1.71 bits per heavy atom. The molecule has 52 heavy (non-hydrogen) atoms. The first-order chi connectivity index (χ1) is 24.1. The fourth-order valence-electron chi connectivity index (χ4n) is 6.05. The van der Waals surface area contributed by atoms with Gasteiger partial charge in [0.1, 0.15) is 5.76 Å². The number of sulfonamides is 2. The number of aliphatic hydroxyl groups excluding tert-OH is 1. The number of anilines is 2. The summed E-state index contributed by atoms with van der Waals surface area (Å²) in [6.07, 6.45) is 2.13. The Kier molecular flexibility index (Phi) is 7.66. The predicted octanol–water partition coefficient (Wildman–Crippen LogP) is 3.59.